The molecule has 1 aliphatic carbocycles. The Bertz CT molecular complexity index is 1880. The molecule has 2 amide bonds. The summed E-state index contributed by atoms with van der Waals surface area (Å²) in [5, 5.41) is 0.669. The predicted molar refractivity (Wildman–Crippen MR) is 179 cm³/mol. The molecule has 0 spiro atoms. The Morgan fingerprint density at radius 2 is 1.92 bits per heavy atom. The maximum absolute atomic E-state index is 15.3. The lowest BCUT2D eigenvalue weighted by atomic mass is 9.99. The van der Waals surface area contributed by atoms with Gasteiger partial charge in [-0.25, -0.2) is 13.6 Å². The molecule has 0 bridgehead atoms. The summed E-state index contributed by atoms with van der Waals surface area (Å²) in [5.74, 6) is -1.11. The molecular formula is C35H39ClF2N6O4. The molecule has 254 valence electrons. The summed E-state index contributed by atoms with van der Waals surface area (Å²) in [4.78, 5) is 53.0. The lowest BCUT2D eigenvalue weighted by Gasteiger charge is -2.45. The van der Waals surface area contributed by atoms with Crippen molar-refractivity contribution < 1.29 is 23.1 Å². The van der Waals surface area contributed by atoms with E-state index in [0.29, 0.717) is 29.8 Å². The van der Waals surface area contributed by atoms with Crippen molar-refractivity contribution in [1.82, 2.24) is 24.3 Å². The number of nitrogens with zero attached hydrogens (tertiary/aromatic N) is 6. The number of rotatable bonds is 7. The molecule has 0 radical (unpaired) electrons. The Balaban J connectivity index is 1.38. The number of ether oxygens (including phenoxy) is 1. The number of piperazine rings is 1. The molecule has 4 aliphatic rings. The Morgan fingerprint density at radius 1 is 1.15 bits per heavy atom. The molecule has 48 heavy (non-hydrogen) atoms. The number of amides is 2. The lowest BCUT2D eigenvalue weighted by molar-refractivity contribution is -0.137. The Hall–Kier alpha value is -4.03. The van der Waals surface area contributed by atoms with E-state index in [-0.39, 0.29) is 71.0 Å². The lowest BCUT2D eigenvalue weighted by Crippen LogP contribution is -2.58. The van der Waals surface area contributed by atoms with Crippen LogP contribution in [0, 0.1) is 11.6 Å². The van der Waals surface area contributed by atoms with Gasteiger partial charge < -0.3 is 19.4 Å². The number of likely N-dealkylation sites (tertiary alicyclic amines) is 1. The first-order valence-electron chi connectivity index (χ1n) is 16.6. The second-order valence-corrected chi connectivity index (χ2v) is 13.9. The fourth-order valence-electron chi connectivity index (χ4n) is 7.65. The number of halogens is 3. The van der Waals surface area contributed by atoms with Gasteiger partial charge in [-0.05, 0) is 77.4 Å². The highest BCUT2D eigenvalue weighted by Gasteiger charge is 2.42. The van der Waals surface area contributed by atoms with E-state index in [1.165, 1.54) is 12.1 Å². The van der Waals surface area contributed by atoms with Crippen LogP contribution in [0.3, 0.4) is 0 Å². The first kappa shape index (κ1) is 32.5. The number of carbonyl (C=O) groups is 2. The van der Waals surface area contributed by atoms with E-state index < -0.39 is 23.4 Å². The predicted octanol–water partition coefficient (Wildman–Crippen LogP) is 4.63. The summed E-state index contributed by atoms with van der Waals surface area (Å²) in [5.41, 5.74) is 0.0863. The highest BCUT2D eigenvalue weighted by atomic mass is 35.5. The third-order valence-electron chi connectivity index (χ3n) is 10.3. The van der Waals surface area contributed by atoms with Crippen molar-refractivity contribution in [3.05, 3.63) is 64.1 Å². The van der Waals surface area contributed by atoms with Gasteiger partial charge in [0.1, 0.15) is 24.1 Å². The van der Waals surface area contributed by atoms with Crippen molar-refractivity contribution in [3.63, 3.8) is 0 Å². The molecule has 1 aromatic heterocycles. The van der Waals surface area contributed by atoms with Gasteiger partial charge >= 0.3 is 5.69 Å². The Morgan fingerprint density at radius 3 is 2.58 bits per heavy atom. The molecule has 4 heterocycles. The monoisotopic (exact) mass is 680 g/mol. The molecule has 0 unspecified atom stereocenters. The second-order valence-electron chi connectivity index (χ2n) is 13.5. The maximum Gasteiger partial charge on any atom is 0.350 e. The molecule has 3 fully saturated rings. The van der Waals surface area contributed by atoms with Crippen molar-refractivity contribution in [3.8, 4) is 16.9 Å². The normalized spacial score (nSPS) is 24.1. The van der Waals surface area contributed by atoms with E-state index in [4.69, 9.17) is 16.3 Å². The molecule has 2 aromatic carbocycles. The van der Waals surface area contributed by atoms with Crippen molar-refractivity contribution in [2.75, 3.05) is 44.7 Å². The summed E-state index contributed by atoms with van der Waals surface area (Å²) in [6.45, 7) is 9.39. The zero-order valence-corrected chi connectivity index (χ0v) is 28.1. The number of benzene rings is 2. The average Bonchev–Trinajstić information content (AvgIpc) is 3.81. The number of hydrogen-bond donors (Lipinski definition) is 0. The van der Waals surface area contributed by atoms with Gasteiger partial charge in [-0.1, -0.05) is 18.2 Å². The first-order chi connectivity index (χ1) is 23.0. The van der Waals surface area contributed by atoms with E-state index in [9.17, 15) is 18.8 Å². The molecule has 3 aromatic rings. The van der Waals surface area contributed by atoms with E-state index in [1.54, 1.807) is 15.5 Å². The fraction of sp³-hybridized carbons (Fsp3) is 0.486. The molecule has 3 aliphatic heterocycles. The van der Waals surface area contributed by atoms with Gasteiger partial charge in [-0.2, -0.15) is 4.98 Å². The molecule has 4 atom stereocenters. The van der Waals surface area contributed by atoms with E-state index in [0.717, 1.165) is 44.4 Å². The molecule has 7 rings (SSSR count). The minimum atomic E-state index is -0.821. The van der Waals surface area contributed by atoms with Crippen LogP contribution in [-0.2, 0) is 9.59 Å². The minimum absolute atomic E-state index is 0.0198. The minimum Gasteiger partial charge on any atom is -0.488 e. The van der Waals surface area contributed by atoms with Crippen molar-refractivity contribution in [2.24, 2.45) is 0 Å². The standard InChI is InChI=1S/C35H39ClF2N6O4/c1-5-29(45)41-15-20(3)42(16-19(41)2)33-25-14-26(36)30(24-11-8-21(37)13-27(24)38)32-31(25)44(35(47)39-33)23(18-48-32)17-43(22-9-10-22)34(46)28-7-6-12-40(28)4/h5,8,11,13-14,19-20,22-23,28H,1,6-7,9-10,12,15-18H2,2-4H3/t19-,20+,23-,28+/m1/s1. The van der Waals surface area contributed by atoms with Gasteiger partial charge in [0, 0.05) is 60.3 Å². The Kier molecular flexibility index (Phi) is 8.43. The summed E-state index contributed by atoms with van der Waals surface area (Å²) >= 11 is 6.91. The first-order valence-corrected chi connectivity index (χ1v) is 16.9. The number of likely N-dealkylation sites (N-methyl/N-ethyl adjacent to an activating group) is 1. The number of anilines is 1. The molecule has 2 saturated heterocycles. The van der Waals surface area contributed by atoms with E-state index in [2.05, 4.69) is 16.5 Å². The molecule has 13 heteroatoms. The summed E-state index contributed by atoms with van der Waals surface area (Å²) in [7, 11) is 1.96. The van der Waals surface area contributed by atoms with Gasteiger partial charge in [0.25, 0.3) is 0 Å². The van der Waals surface area contributed by atoms with Gasteiger partial charge in [-0.15, -0.1) is 0 Å². The number of hydrogen-bond acceptors (Lipinski definition) is 7. The second kappa shape index (κ2) is 12.5. The van der Waals surface area contributed by atoms with Crippen LogP contribution >= 0.6 is 11.6 Å². The van der Waals surface area contributed by atoms with Gasteiger partial charge in [0.05, 0.1) is 22.6 Å². The van der Waals surface area contributed by atoms with Crippen LogP contribution in [0.25, 0.3) is 22.0 Å². The van der Waals surface area contributed by atoms with Crippen LogP contribution in [-0.4, -0.2) is 100 Å². The molecule has 1 saturated carbocycles. The van der Waals surface area contributed by atoms with Crippen LogP contribution in [0.2, 0.25) is 5.02 Å². The van der Waals surface area contributed by atoms with Crippen LogP contribution in [0.15, 0.2) is 41.7 Å². The summed E-state index contributed by atoms with van der Waals surface area (Å²) in [6, 6.07) is 3.77. The van der Waals surface area contributed by atoms with Crippen molar-refractivity contribution in [1.29, 1.82) is 0 Å². The zero-order valence-electron chi connectivity index (χ0n) is 27.3. The highest BCUT2D eigenvalue weighted by Crippen LogP contribution is 2.47. The maximum atomic E-state index is 15.3. The van der Waals surface area contributed by atoms with Crippen LogP contribution in [0.5, 0.6) is 5.75 Å². The smallest absolute Gasteiger partial charge is 0.350 e. The van der Waals surface area contributed by atoms with Gasteiger partial charge in [-0.3, -0.25) is 19.1 Å². The number of aromatic nitrogens is 2. The Labute approximate surface area is 282 Å². The van der Waals surface area contributed by atoms with Gasteiger partial charge in [0.15, 0.2) is 5.75 Å². The van der Waals surface area contributed by atoms with Gasteiger partial charge in [0.2, 0.25) is 11.8 Å². The fourth-order valence-corrected chi connectivity index (χ4v) is 7.94. The summed E-state index contributed by atoms with van der Waals surface area (Å²) < 4.78 is 37.3. The molecular weight excluding hydrogens is 642 g/mol. The molecule has 0 N–H and O–H groups in total. The van der Waals surface area contributed by atoms with Crippen molar-refractivity contribution in [2.45, 2.75) is 69.7 Å². The summed E-state index contributed by atoms with van der Waals surface area (Å²) in [6.07, 6.45) is 4.82. The topological polar surface area (TPSA) is 91.2 Å². The van der Waals surface area contributed by atoms with E-state index >= 15 is 4.39 Å². The third kappa shape index (κ3) is 5.52. The van der Waals surface area contributed by atoms with Crippen LogP contribution in [0.1, 0.15) is 45.6 Å². The largest absolute Gasteiger partial charge is 0.488 e. The SMILES string of the molecule is C=CC(=O)N1C[C@H](C)N(c2nc(=O)n3c4c(c(-c5ccc(F)cc5F)c(Cl)cc24)OC[C@H]3CN(C(=O)[C@@H]2CCCN2C)C2CC2)C[C@H]1C. The van der Waals surface area contributed by atoms with E-state index in [1.807, 2.05) is 30.7 Å². The van der Waals surface area contributed by atoms with Crippen molar-refractivity contribution >= 4 is 40.1 Å². The highest BCUT2D eigenvalue weighted by molar-refractivity contribution is 6.35. The average molecular weight is 681 g/mol. The third-order valence-corrected chi connectivity index (χ3v) is 10.6. The quantitative estimate of drug-likeness (QED) is 0.337. The van der Waals surface area contributed by atoms with Crippen LogP contribution in [0.4, 0.5) is 14.6 Å². The van der Waals surface area contributed by atoms with Crippen LogP contribution < -0.4 is 15.3 Å². The molecule has 10 nitrogen and oxygen atoms in total. The zero-order chi connectivity index (χ0) is 34.0. The number of carbonyl (C=O) groups excluding carboxylic acids is 2.